The molecular formula is C22H26N4O2. The lowest BCUT2D eigenvalue weighted by atomic mass is 9.63. The molecule has 2 aromatic rings. The van der Waals surface area contributed by atoms with E-state index in [9.17, 15) is 10.1 Å². The van der Waals surface area contributed by atoms with Gasteiger partial charge in [-0.3, -0.25) is 4.79 Å². The van der Waals surface area contributed by atoms with E-state index >= 15 is 0 Å². The molecule has 0 atom stereocenters. The molecule has 146 valence electrons. The van der Waals surface area contributed by atoms with Gasteiger partial charge in [-0.1, -0.05) is 6.42 Å². The first kappa shape index (κ1) is 17.6. The minimum Gasteiger partial charge on any atom is -0.378 e. The fraction of sp³-hybridized carbons (Fsp3) is 0.545. The number of aromatic nitrogens is 1. The van der Waals surface area contributed by atoms with Crippen molar-refractivity contribution in [1.29, 1.82) is 5.26 Å². The van der Waals surface area contributed by atoms with E-state index in [1.54, 1.807) is 0 Å². The van der Waals surface area contributed by atoms with Gasteiger partial charge in [-0.15, -0.1) is 0 Å². The van der Waals surface area contributed by atoms with Crippen molar-refractivity contribution in [2.75, 3.05) is 49.2 Å². The number of piperidine rings is 1. The smallest absolute Gasteiger partial charge is 0.268 e. The number of rotatable bonds is 2. The normalized spacial score (nSPS) is 21.5. The van der Waals surface area contributed by atoms with Crippen LogP contribution in [0.4, 0.5) is 11.4 Å². The van der Waals surface area contributed by atoms with Gasteiger partial charge in [0.05, 0.1) is 24.4 Å². The molecule has 1 aromatic carbocycles. The number of pyridine rings is 1. The van der Waals surface area contributed by atoms with Gasteiger partial charge in [0.15, 0.2) is 0 Å². The zero-order chi connectivity index (χ0) is 19.1. The van der Waals surface area contributed by atoms with Crippen molar-refractivity contribution in [3.8, 4) is 6.07 Å². The summed E-state index contributed by atoms with van der Waals surface area (Å²) < 4.78 is 5.47. The molecule has 5 rings (SSSR count). The van der Waals surface area contributed by atoms with Crippen LogP contribution in [0.1, 0.15) is 37.7 Å². The summed E-state index contributed by atoms with van der Waals surface area (Å²) in [5.41, 5.74) is 3.24. The number of anilines is 2. The van der Waals surface area contributed by atoms with E-state index in [0.29, 0.717) is 5.41 Å². The lowest BCUT2D eigenvalue weighted by Crippen LogP contribution is -2.44. The third-order valence-corrected chi connectivity index (χ3v) is 7.01. The SMILES string of the molecule is N#Cc1c(N2CCC3(CCC3)CC2)c2cc(N3CCOCC3)ccc2[nH]c1=O. The molecule has 1 aromatic heterocycles. The highest BCUT2D eigenvalue weighted by molar-refractivity contribution is 5.96. The summed E-state index contributed by atoms with van der Waals surface area (Å²) in [6, 6.07) is 8.35. The van der Waals surface area contributed by atoms with Gasteiger partial charge in [0.25, 0.3) is 5.56 Å². The van der Waals surface area contributed by atoms with Crippen LogP contribution in [0.5, 0.6) is 0 Å². The van der Waals surface area contributed by atoms with Gasteiger partial charge < -0.3 is 19.5 Å². The fourth-order valence-corrected chi connectivity index (χ4v) is 5.10. The molecule has 6 heteroatoms. The fourth-order valence-electron chi connectivity index (χ4n) is 5.10. The summed E-state index contributed by atoms with van der Waals surface area (Å²) in [7, 11) is 0. The first-order chi connectivity index (χ1) is 13.7. The highest BCUT2D eigenvalue weighted by Crippen LogP contribution is 2.49. The molecule has 2 saturated heterocycles. The van der Waals surface area contributed by atoms with Crippen LogP contribution >= 0.6 is 0 Å². The summed E-state index contributed by atoms with van der Waals surface area (Å²) in [6.07, 6.45) is 6.34. The minimum atomic E-state index is -0.284. The predicted molar refractivity (Wildman–Crippen MR) is 110 cm³/mol. The van der Waals surface area contributed by atoms with Gasteiger partial charge in [0.1, 0.15) is 11.6 Å². The standard InChI is InChI=1S/C22H26N4O2/c23-15-18-20(26-8-6-22(7-9-26)4-1-5-22)17-14-16(25-10-12-28-13-11-25)2-3-19(17)24-21(18)27/h2-3,14H,1,4-13H2,(H,24,27). The lowest BCUT2D eigenvalue weighted by molar-refractivity contribution is 0.0956. The zero-order valence-electron chi connectivity index (χ0n) is 16.2. The first-order valence-corrected chi connectivity index (χ1v) is 10.4. The topological polar surface area (TPSA) is 72.4 Å². The Morgan fingerprint density at radius 3 is 2.43 bits per heavy atom. The largest absolute Gasteiger partial charge is 0.378 e. The molecule has 0 unspecified atom stereocenters. The van der Waals surface area contributed by atoms with Crippen molar-refractivity contribution < 1.29 is 4.74 Å². The van der Waals surface area contributed by atoms with Crippen LogP contribution in [-0.2, 0) is 4.74 Å². The van der Waals surface area contributed by atoms with Gasteiger partial charge >= 0.3 is 0 Å². The average molecular weight is 378 g/mol. The summed E-state index contributed by atoms with van der Waals surface area (Å²) in [4.78, 5) is 20.1. The number of benzene rings is 1. The predicted octanol–water partition coefficient (Wildman–Crippen LogP) is 3.01. The number of nitrogens with zero attached hydrogens (tertiary/aromatic N) is 3. The van der Waals surface area contributed by atoms with Crippen molar-refractivity contribution in [2.24, 2.45) is 5.41 Å². The molecule has 1 saturated carbocycles. The molecule has 3 aliphatic rings. The van der Waals surface area contributed by atoms with E-state index in [1.165, 1.54) is 19.3 Å². The van der Waals surface area contributed by atoms with Crippen LogP contribution in [0.15, 0.2) is 23.0 Å². The Kier molecular flexibility index (Phi) is 4.28. The Morgan fingerprint density at radius 1 is 1.04 bits per heavy atom. The van der Waals surface area contributed by atoms with Crippen LogP contribution < -0.4 is 15.4 Å². The summed E-state index contributed by atoms with van der Waals surface area (Å²) in [6.45, 7) is 5.04. The van der Waals surface area contributed by atoms with Gasteiger partial charge in [0, 0.05) is 37.3 Å². The molecule has 0 amide bonds. The number of nitriles is 1. The molecular weight excluding hydrogens is 352 g/mol. The van der Waals surface area contributed by atoms with Gasteiger partial charge in [-0.2, -0.15) is 5.26 Å². The monoisotopic (exact) mass is 378 g/mol. The van der Waals surface area contributed by atoms with Crippen molar-refractivity contribution in [3.63, 3.8) is 0 Å². The number of nitrogens with one attached hydrogen (secondary N) is 1. The minimum absolute atomic E-state index is 0.246. The van der Waals surface area contributed by atoms with Gasteiger partial charge in [-0.05, 0) is 49.3 Å². The van der Waals surface area contributed by atoms with Crippen LogP contribution in [0.2, 0.25) is 0 Å². The molecule has 0 bridgehead atoms. The third kappa shape index (κ3) is 2.85. The molecule has 0 radical (unpaired) electrons. The van der Waals surface area contributed by atoms with E-state index in [-0.39, 0.29) is 11.1 Å². The first-order valence-electron chi connectivity index (χ1n) is 10.4. The molecule has 1 N–H and O–H groups in total. The molecule has 28 heavy (non-hydrogen) atoms. The number of morpholine rings is 1. The Morgan fingerprint density at radius 2 is 1.79 bits per heavy atom. The molecule has 3 heterocycles. The molecule has 2 aliphatic heterocycles. The van der Waals surface area contributed by atoms with E-state index in [1.807, 2.05) is 6.07 Å². The highest BCUT2D eigenvalue weighted by atomic mass is 16.5. The quantitative estimate of drug-likeness (QED) is 0.870. The van der Waals surface area contributed by atoms with Crippen LogP contribution in [0, 0.1) is 16.7 Å². The van der Waals surface area contributed by atoms with E-state index in [0.717, 1.165) is 74.5 Å². The van der Waals surface area contributed by atoms with Crippen LogP contribution in [-0.4, -0.2) is 44.4 Å². The van der Waals surface area contributed by atoms with Gasteiger partial charge in [-0.25, -0.2) is 0 Å². The second-order valence-corrected chi connectivity index (χ2v) is 8.46. The Hall–Kier alpha value is -2.52. The maximum absolute atomic E-state index is 12.6. The number of hydrogen-bond donors (Lipinski definition) is 1. The second-order valence-electron chi connectivity index (χ2n) is 8.46. The van der Waals surface area contributed by atoms with E-state index in [2.05, 4.69) is 33.0 Å². The molecule has 1 aliphatic carbocycles. The van der Waals surface area contributed by atoms with Crippen molar-refractivity contribution in [3.05, 3.63) is 34.1 Å². The maximum atomic E-state index is 12.6. The van der Waals surface area contributed by atoms with E-state index in [4.69, 9.17) is 4.74 Å². The summed E-state index contributed by atoms with van der Waals surface area (Å²) in [5.74, 6) is 0. The third-order valence-electron chi connectivity index (χ3n) is 7.01. The number of hydrogen-bond acceptors (Lipinski definition) is 5. The Labute approximate surface area is 164 Å². The number of fused-ring (bicyclic) bond motifs is 1. The van der Waals surface area contributed by atoms with E-state index < -0.39 is 0 Å². The van der Waals surface area contributed by atoms with Crippen molar-refractivity contribution in [1.82, 2.24) is 4.98 Å². The van der Waals surface area contributed by atoms with Crippen molar-refractivity contribution in [2.45, 2.75) is 32.1 Å². The molecule has 6 nitrogen and oxygen atoms in total. The van der Waals surface area contributed by atoms with Gasteiger partial charge in [0.2, 0.25) is 0 Å². The average Bonchev–Trinajstić information content (AvgIpc) is 2.72. The second kappa shape index (κ2) is 6.82. The molecule has 3 fully saturated rings. The molecule has 1 spiro atoms. The summed E-state index contributed by atoms with van der Waals surface area (Å²) in [5, 5.41) is 10.7. The maximum Gasteiger partial charge on any atom is 0.268 e. The highest BCUT2D eigenvalue weighted by Gasteiger charge is 2.40. The van der Waals surface area contributed by atoms with Crippen LogP contribution in [0.3, 0.4) is 0 Å². The Balaban J connectivity index is 1.58. The number of ether oxygens (including phenoxy) is 1. The van der Waals surface area contributed by atoms with Crippen LogP contribution in [0.25, 0.3) is 10.9 Å². The Bertz CT molecular complexity index is 986. The zero-order valence-corrected chi connectivity index (χ0v) is 16.2. The summed E-state index contributed by atoms with van der Waals surface area (Å²) >= 11 is 0. The van der Waals surface area contributed by atoms with Crippen molar-refractivity contribution >= 4 is 22.3 Å². The number of aromatic amines is 1. The lowest BCUT2D eigenvalue weighted by Gasteiger charge is -2.48. The number of H-pyrrole nitrogens is 1.